The molecule has 0 N–H and O–H groups in total. The van der Waals surface area contributed by atoms with Gasteiger partial charge >= 0.3 is 0 Å². The highest BCUT2D eigenvalue weighted by molar-refractivity contribution is 4.59. The lowest BCUT2D eigenvalue weighted by Crippen LogP contribution is -1.99. The van der Waals surface area contributed by atoms with Crippen LogP contribution in [-0.4, -0.2) is 0 Å². The molecule has 0 fully saturated rings. The monoisotopic (exact) mass is 224 g/mol. The molecule has 1 atom stereocenters. The fourth-order valence-electron chi connectivity index (χ4n) is 2.30. The third-order valence-corrected chi connectivity index (χ3v) is 3.55. The van der Waals surface area contributed by atoms with Gasteiger partial charge in [-0.2, -0.15) is 0 Å². The van der Waals surface area contributed by atoms with Crippen LogP contribution in [-0.2, 0) is 0 Å². The lowest BCUT2D eigenvalue weighted by molar-refractivity contribution is 0.397. The van der Waals surface area contributed by atoms with Gasteiger partial charge in [-0.25, -0.2) is 0 Å². The van der Waals surface area contributed by atoms with Gasteiger partial charge in [0.1, 0.15) is 0 Å². The van der Waals surface area contributed by atoms with E-state index in [1.807, 2.05) is 0 Å². The SMILES string of the molecule is [CH2]CCCCCCCC(CC)CCCC[CH2]. The quantitative estimate of drug-likeness (QED) is 0.358. The summed E-state index contributed by atoms with van der Waals surface area (Å²) in [7, 11) is 0. The van der Waals surface area contributed by atoms with E-state index in [0.29, 0.717) is 0 Å². The van der Waals surface area contributed by atoms with Crippen molar-refractivity contribution >= 4 is 0 Å². The van der Waals surface area contributed by atoms with Crippen LogP contribution >= 0.6 is 0 Å². The van der Waals surface area contributed by atoms with Crippen LogP contribution in [0.1, 0.15) is 84.0 Å². The zero-order chi connectivity index (χ0) is 12.1. The summed E-state index contributed by atoms with van der Waals surface area (Å²) in [5.74, 6) is 0.986. The maximum atomic E-state index is 3.91. The first-order valence-corrected chi connectivity index (χ1v) is 7.43. The van der Waals surface area contributed by atoms with Gasteiger partial charge in [-0.1, -0.05) is 97.8 Å². The van der Waals surface area contributed by atoms with E-state index in [9.17, 15) is 0 Å². The molecule has 0 aliphatic rings. The fraction of sp³-hybridized carbons (Fsp3) is 0.875. The molecule has 0 amide bonds. The van der Waals surface area contributed by atoms with Gasteiger partial charge in [-0.05, 0) is 5.92 Å². The Hall–Kier alpha value is 0. The van der Waals surface area contributed by atoms with Crippen molar-refractivity contribution in [1.82, 2.24) is 0 Å². The molecule has 2 radical (unpaired) electrons. The Kier molecular flexibility index (Phi) is 13.1. The summed E-state index contributed by atoms with van der Waals surface area (Å²) in [4.78, 5) is 0. The van der Waals surface area contributed by atoms with Crippen molar-refractivity contribution in [2.24, 2.45) is 5.92 Å². The smallest absolute Gasteiger partial charge is 0.0417 e. The van der Waals surface area contributed by atoms with E-state index in [4.69, 9.17) is 0 Å². The fourth-order valence-corrected chi connectivity index (χ4v) is 2.30. The Balaban J connectivity index is 3.26. The molecule has 0 saturated heterocycles. The number of hydrogen-bond acceptors (Lipinski definition) is 0. The number of unbranched alkanes of at least 4 members (excludes halogenated alkanes) is 7. The van der Waals surface area contributed by atoms with E-state index in [1.165, 1.54) is 64.2 Å². The molecule has 0 aromatic rings. The second-order valence-electron chi connectivity index (χ2n) is 5.03. The topological polar surface area (TPSA) is 0 Å². The Morgan fingerprint density at radius 3 is 1.69 bits per heavy atom. The van der Waals surface area contributed by atoms with E-state index in [0.717, 1.165) is 18.8 Å². The van der Waals surface area contributed by atoms with E-state index in [-0.39, 0.29) is 0 Å². The highest BCUT2D eigenvalue weighted by Crippen LogP contribution is 2.20. The van der Waals surface area contributed by atoms with Gasteiger partial charge < -0.3 is 0 Å². The van der Waals surface area contributed by atoms with Crippen LogP contribution in [0.4, 0.5) is 0 Å². The van der Waals surface area contributed by atoms with Crippen molar-refractivity contribution in [3.05, 3.63) is 13.8 Å². The van der Waals surface area contributed by atoms with Crippen LogP contribution in [0.15, 0.2) is 0 Å². The molecule has 1 unspecified atom stereocenters. The first-order valence-electron chi connectivity index (χ1n) is 7.43. The van der Waals surface area contributed by atoms with Gasteiger partial charge in [0.2, 0.25) is 0 Å². The second-order valence-corrected chi connectivity index (χ2v) is 5.03. The van der Waals surface area contributed by atoms with Crippen LogP contribution < -0.4 is 0 Å². The van der Waals surface area contributed by atoms with Gasteiger partial charge in [0.15, 0.2) is 0 Å². The molecule has 96 valence electrons. The third-order valence-electron chi connectivity index (χ3n) is 3.55. The summed E-state index contributed by atoms with van der Waals surface area (Å²) in [6.45, 7) is 10.1. The van der Waals surface area contributed by atoms with Gasteiger partial charge in [-0.15, -0.1) is 0 Å². The maximum Gasteiger partial charge on any atom is -0.0417 e. The van der Waals surface area contributed by atoms with Crippen LogP contribution in [0.3, 0.4) is 0 Å². The molecule has 0 bridgehead atoms. The number of rotatable bonds is 12. The van der Waals surface area contributed by atoms with Crippen molar-refractivity contribution < 1.29 is 0 Å². The lowest BCUT2D eigenvalue weighted by atomic mass is 9.92. The summed E-state index contributed by atoms with van der Waals surface area (Å²) < 4.78 is 0. The predicted octanol–water partition coefficient (Wildman–Crippen LogP) is 5.97. The Morgan fingerprint density at radius 1 is 0.688 bits per heavy atom. The van der Waals surface area contributed by atoms with Crippen molar-refractivity contribution in [3.63, 3.8) is 0 Å². The standard InChI is InChI=1S/C16H32/c1-4-7-9-10-11-13-15-16(6-3)14-12-8-5-2/h16H,1-2,4-15H2,3H3. The molecule has 0 spiro atoms. The molecule has 16 heavy (non-hydrogen) atoms. The number of hydrogen-bond donors (Lipinski definition) is 0. The first kappa shape index (κ1) is 16.0. The summed E-state index contributed by atoms with van der Waals surface area (Å²) in [6, 6.07) is 0. The minimum absolute atomic E-state index is 0.986. The van der Waals surface area contributed by atoms with E-state index in [2.05, 4.69) is 20.8 Å². The van der Waals surface area contributed by atoms with Gasteiger partial charge in [0.25, 0.3) is 0 Å². The average molecular weight is 224 g/mol. The zero-order valence-corrected chi connectivity index (χ0v) is 11.5. The Bertz CT molecular complexity index is 117. The molecule has 0 heteroatoms. The third kappa shape index (κ3) is 10.5. The van der Waals surface area contributed by atoms with E-state index < -0.39 is 0 Å². The Labute approximate surface area is 104 Å². The molecule has 0 heterocycles. The van der Waals surface area contributed by atoms with Crippen LogP contribution in [0, 0.1) is 19.8 Å². The zero-order valence-electron chi connectivity index (χ0n) is 11.5. The van der Waals surface area contributed by atoms with Crippen LogP contribution in [0.2, 0.25) is 0 Å². The lowest BCUT2D eigenvalue weighted by Gasteiger charge is -2.14. The van der Waals surface area contributed by atoms with Crippen molar-refractivity contribution in [2.75, 3.05) is 0 Å². The molecule has 0 aromatic carbocycles. The molecule has 0 nitrogen and oxygen atoms in total. The Morgan fingerprint density at radius 2 is 1.12 bits per heavy atom. The van der Waals surface area contributed by atoms with Crippen molar-refractivity contribution in [2.45, 2.75) is 84.0 Å². The van der Waals surface area contributed by atoms with Gasteiger partial charge in [-0.3, -0.25) is 0 Å². The first-order chi connectivity index (χ1) is 7.85. The minimum atomic E-state index is 0.986. The second kappa shape index (κ2) is 13.1. The normalized spacial score (nSPS) is 12.9. The van der Waals surface area contributed by atoms with E-state index in [1.54, 1.807) is 0 Å². The van der Waals surface area contributed by atoms with Crippen LogP contribution in [0.25, 0.3) is 0 Å². The summed E-state index contributed by atoms with van der Waals surface area (Å²) in [6.07, 6.45) is 16.2. The predicted molar refractivity (Wildman–Crippen MR) is 75.3 cm³/mol. The molecule has 0 rings (SSSR count). The molecule has 0 aliphatic carbocycles. The largest absolute Gasteiger partial charge is 0.0651 e. The highest BCUT2D eigenvalue weighted by Gasteiger charge is 2.05. The summed E-state index contributed by atoms with van der Waals surface area (Å²) in [5.41, 5.74) is 0. The summed E-state index contributed by atoms with van der Waals surface area (Å²) in [5, 5.41) is 0. The van der Waals surface area contributed by atoms with Crippen molar-refractivity contribution in [3.8, 4) is 0 Å². The highest BCUT2D eigenvalue weighted by atomic mass is 14.1. The van der Waals surface area contributed by atoms with Crippen molar-refractivity contribution in [1.29, 1.82) is 0 Å². The molecule has 0 aliphatic heterocycles. The van der Waals surface area contributed by atoms with Gasteiger partial charge in [0.05, 0.1) is 0 Å². The summed E-state index contributed by atoms with van der Waals surface area (Å²) >= 11 is 0. The maximum absolute atomic E-state index is 3.91. The molecular formula is C16H32. The van der Waals surface area contributed by atoms with E-state index >= 15 is 0 Å². The molecule has 0 aromatic heterocycles. The molecule has 0 saturated carbocycles. The minimum Gasteiger partial charge on any atom is -0.0651 e. The average Bonchev–Trinajstić information content (AvgIpc) is 2.31. The van der Waals surface area contributed by atoms with Crippen LogP contribution in [0.5, 0.6) is 0 Å². The van der Waals surface area contributed by atoms with Gasteiger partial charge in [0, 0.05) is 0 Å². The molecular weight excluding hydrogens is 192 g/mol.